The quantitative estimate of drug-likeness (QED) is 0.402. The fraction of sp³-hybridized carbons (Fsp3) is 0.292. The molecule has 0 bridgehead atoms. The average Bonchev–Trinajstić information content (AvgIpc) is 3.21. The number of ether oxygens (including phenoxy) is 1. The van der Waals surface area contributed by atoms with Crippen LogP contribution in [0.5, 0.6) is 0 Å². The van der Waals surface area contributed by atoms with Crippen LogP contribution in [0.1, 0.15) is 25.0 Å². The molecule has 30 heavy (non-hydrogen) atoms. The summed E-state index contributed by atoms with van der Waals surface area (Å²) in [7, 11) is 0. The predicted octanol–water partition coefficient (Wildman–Crippen LogP) is 3.71. The summed E-state index contributed by atoms with van der Waals surface area (Å²) >= 11 is 0. The van der Waals surface area contributed by atoms with Gasteiger partial charge in [-0.2, -0.15) is 5.10 Å². The van der Waals surface area contributed by atoms with Gasteiger partial charge in [-0.15, -0.1) is 0 Å². The number of esters is 1. The molecule has 0 fully saturated rings. The van der Waals surface area contributed by atoms with Crippen LogP contribution in [-0.4, -0.2) is 34.8 Å². The van der Waals surface area contributed by atoms with E-state index in [0.29, 0.717) is 13.1 Å². The van der Waals surface area contributed by atoms with Crippen molar-refractivity contribution in [2.75, 3.05) is 18.1 Å². The lowest BCUT2D eigenvalue weighted by Gasteiger charge is -2.25. The fourth-order valence-electron chi connectivity index (χ4n) is 3.38. The summed E-state index contributed by atoms with van der Waals surface area (Å²) in [5.41, 5.74) is 2.71. The maximum Gasteiger partial charge on any atom is 0.318 e. The minimum Gasteiger partial charge on any atom is -0.465 e. The largest absolute Gasteiger partial charge is 0.465 e. The van der Waals surface area contributed by atoms with Crippen molar-refractivity contribution >= 4 is 17.6 Å². The summed E-state index contributed by atoms with van der Waals surface area (Å²) < 4.78 is 7.03. The summed E-state index contributed by atoms with van der Waals surface area (Å²) in [6, 6.07) is 19.4. The molecule has 1 unspecified atom stereocenters. The Kier molecular flexibility index (Phi) is 7.38. The molecule has 6 nitrogen and oxygen atoms in total. The first kappa shape index (κ1) is 21.3. The highest BCUT2D eigenvalue weighted by molar-refractivity contribution is 6.06. The molecule has 0 aliphatic heterocycles. The average molecular weight is 405 g/mol. The first-order valence-electron chi connectivity index (χ1n) is 10.2. The number of hydrogen-bond acceptors (Lipinski definition) is 4. The maximum absolute atomic E-state index is 13.3. The van der Waals surface area contributed by atoms with Crippen LogP contribution in [0.15, 0.2) is 73.1 Å². The van der Waals surface area contributed by atoms with Crippen LogP contribution in [0, 0.1) is 5.92 Å². The first-order valence-corrected chi connectivity index (χ1v) is 10.2. The third-order valence-electron chi connectivity index (χ3n) is 4.83. The Hall–Kier alpha value is -3.41. The number of carbonyl (C=O) groups excluding carboxylic acids is 2. The summed E-state index contributed by atoms with van der Waals surface area (Å²) in [6.07, 6.45) is 3.84. The van der Waals surface area contributed by atoms with E-state index < -0.39 is 11.9 Å². The molecular formula is C24H27N3O3. The topological polar surface area (TPSA) is 64.4 Å². The Morgan fingerprint density at radius 2 is 1.67 bits per heavy atom. The number of rotatable bonds is 9. The van der Waals surface area contributed by atoms with Crippen molar-refractivity contribution in [3.05, 3.63) is 84.2 Å². The van der Waals surface area contributed by atoms with E-state index >= 15 is 0 Å². The Morgan fingerprint density at radius 1 is 1.00 bits per heavy atom. The van der Waals surface area contributed by atoms with E-state index in [1.54, 1.807) is 18.0 Å². The molecule has 0 saturated carbocycles. The molecule has 0 spiro atoms. The Bertz CT molecular complexity index is 954. The van der Waals surface area contributed by atoms with Crippen molar-refractivity contribution in [1.82, 2.24) is 9.78 Å². The van der Waals surface area contributed by atoms with Crippen LogP contribution >= 0.6 is 0 Å². The fourth-order valence-corrected chi connectivity index (χ4v) is 3.38. The molecule has 3 rings (SSSR count). The van der Waals surface area contributed by atoms with Crippen LogP contribution < -0.4 is 4.90 Å². The smallest absolute Gasteiger partial charge is 0.318 e. The molecular weight excluding hydrogens is 378 g/mol. The van der Waals surface area contributed by atoms with E-state index in [0.717, 1.165) is 16.8 Å². The number of carbonyl (C=O) groups is 2. The van der Waals surface area contributed by atoms with Crippen molar-refractivity contribution in [1.29, 1.82) is 0 Å². The van der Waals surface area contributed by atoms with Gasteiger partial charge in [0.2, 0.25) is 5.91 Å². The van der Waals surface area contributed by atoms with E-state index in [9.17, 15) is 9.59 Å². The predicted molar refractivity (Wildman–Crippen MR) is 116 cm³/mol. The second-order valence-corrected chi connectivity index (χ2v) is 6.96. The summed E-state index contributed by atoms with van der Waals surface area (Å²) in [6.45, 7) is 4.96. The van der Waals surface area contributed by atoms with Gasteiger partial charge in [-0.3, -0.25) is 14.3 Å². The zero-order valence-corrected chi connectivity index (χ0v) is 17.4. The minimum atomic E-state index is -0.917. The molecule has 156 valence electrons. The molecule has 0 aliphatic rings. The zero-order chi connectivity index (χ0) is 21.3. The lowest BCUT2D eigenvalue weighted by Crippen LogP contribution is -2.41. The molecule has 1 heterocycles. The Morgan fingerprint density at radius 3 is 2.30 bits per heavy atom. The van der Waals surface area contributed by atoms with Crippen molar-refractivity contribution in [2.24, 2.45) is 5.92 Å². The second-order valence-electron chi connectivity index (χ2n) is 6.96. The van der Waals surface area contributed by atoms with Gasteiger partial charge in [-0.1, -0.05) is 48.5 Å². The lowest BCUT2D eigenvalue weighted by molar-refractivity contribution is -0.151. The highest BCUT2D eigenvalue weighted by atomic mass is 16.5. The number of benzene rings is 2. The number of nitrogens with zero attached hydrogens (tertiary/aromatic N) is 3. The van der Waals surface area contributed by atoms with Gasteiger partial charge in [0.05, 0.1) is 19.3 Å². The van der Waals surface area contributed by atoms with E-state index in [2.05, 4.69) is 5.10 Å². The molecule has 0 aliphatic carbocycles. The SMILES string of the molecule is CCOC(=O)C(Cc1cnn(Cc2ccccc2)c1)C(=O)N(CC)c1ccccc1. The standard InChI is InChI=1S/C24H27N3O3/c1-3-27(21-13-9-6-10-14-21)23(28)22(24(29)30-4-2)15-20-16-25-26(18-20)17-19-11-7-5-8-12-19/h5-14,16,18,22H,3-4,15,17H2,1-2H3. The first-order chi connectivity index (χ1) is 14.6. The van der Waals surface area contributed by atoms with E-state index in [4.69, 9.17) is 4.74 Å². The van der Waals surface area contributed by atoms with Crippen molar-refractivity contribution < 1.29 is 14.3 Å². The van der Waals surface area contributed by atoms with Crippen molar-refractivity contribution in [2.45, 2.75) is 26.8 Å². The number of hydrogen-bond donors (Lipinski definition) is 0. The van der Waals surface area contributed by atoms with Crippen LogP contribution in [0.2, 0.25) is 0 Å². The van der Waals surface area contributed by atoms with Gasteiger partial charge in [-0.25, -0.2) is 0 Å². The third kappa shape index (κ3) is 5.35. The van der Waals surface area contributed by atoms with Gasteiger partial charge in [0, 0.05) is 18.4 Å². The van der Waals surface area contributed by atoms with Gasteiger partial charge in [0.15, 0.2) is 0 Å². The number of para-hydroxylation sites is 1. The molecule has 1 atom stereocenters. The van der Waals surface area contributed by atoms with Gasteiger partial charge in [0.25, 0.3) is 0 Å². The number of aromatic nitrogens is 2. The molecule has 3 aromatic rings. The minimum absolute atomic E-state index is 0.230. The highest BCUT2D eigenvalue weighted by Crippen LogP contribution is 2.20. The zero-order valence-electron chi connectivity index (χ0n) is 17.4. The number of amides is 1. The summed E-state index contributed by atoms with van der Waals surface area (Å²) in [5, 5.41) is 4.39. The van der Waals surface area contributed by atoms with Crippen LogP contribution in [0.25, 0.3) is 0 Å². The van der Waals surface area contributed by atoms with Gasteiger partial charge >= 0.3 is 5.97 Å². The normalized spacial score (nSPS) is 11.7. The van der Waals surface area contributed by atoms with E-state index in [1.807, 2.05) is 78.5 Å². The molecule has 0 saturated heterocycles. The van der Waals surface area contributed by atoms with E-state index in [-0.39, 0.29) is 18.9 Å². The second kappa shape index (κ2) is 10.4. The summed E-state index contributed by atoms with van der Waals surface area (Å²) in [5.74, 6) is -1.69. The molecule has 2 aromatic carbocycles. The maximum atomic E-state index is 13.3. The Labute approximate surface area is 177 Å². The van der Waals surface area contributed by atoms with Crippen LogP contribution in [0.3, 0.4) is 0 Å². The van der Waals surface area contributed by atoms with Gasteiger partial charge in [-0.05, 0) is 43.5 Å². The molecule has 0 N–H and O–H groups in total. The molecule has 0 radical (unpaired) electrons. The van der Waals surface area contributed by atoms with Crippen molar-refractivity contribution in [3.63, 3.8) is 0 Å². The highest BCUT2D eigenvalue weighted by Gasteiger charge is 2.32. The van der Waals surface area contributed by atoms with Crippen LogP contribution in [0.4, 0.5) is 5.69 Å². The third-order valence-corrected chi connectivity index (χ3v) is 4.83. The van der Waals surface area contributed by atoms with E-state index in [1.165, 1.54) is 0 Å². The van der Waals surface area contributed by atoms with Crippen molar-refractivity contribution in [3.8, 4) is 0 Å². The lowest BCUT2D eigenvalue weighted by atomic mass is 9.99. The molecule has 1 aromatic heterocycles. The van der Waals surface area contributed by atoms with Crippen LogP contribution in [-0.2, 0) is 27.3 Å². The Balaban J connectivity index is 1.79. The van der Waals surface area contributed by atoms with Gasteiger partial charge < -0.3 is 9.64 Å². The summed E-state index contributed by atoms with van der Waals surface area (Å²) in [4.78, 5) is 27.6. The molecule has 6 heteroatoms. The number of anilines is 1. The monoisotopic (exact) mass is 405 g/mol. The van der Waals surface area contributed by atoms with Gasteiger partial charge in [0.1, 0.15) is 5.92 Å². The molecule has 1 amide bonds.